The summed E-state index contributed by atoms with van der Waals surface area (Å²) in [4.78, 5) is 0. The lowest BCUT2D eigenvalue weighted by Gasteiger charge is -2.12. The van der Waals surface area contributed by atoms with E-state index in [1.807, 2.05) is 6.92 Å². The van der Waals surface area contributed by atoms with E-state index in [1.54, 1.807) is 6.08 Å². The Morgan fingerprint density at radius 2 is 1.78 bits per heavy atom. The molecule has 1 aliphatic heterocycles. The third kappa shape index (κ3) is 7.62. The molecule has 0 atom stereocenters. The van der Waals surface area contributed by atoms with Crippen LogP contribution < -0.4 is 16.4 Å². The van der Waals surface area contributed by atoms with Gasteiger partial charge in [-0.2, -0.15) is 5.53 Å². The smallest absolute Gasteiger partial charge is 0.0126 e. The minimum Gasteiger partial charge on any atom is -0.244 e. The molecule has 0 unspecified atom stereocenters. The Bertz CT molecular complexity index is 47.8. The minimum absolute atomic E-state index is 1.08. The van der Waals surface area contributed by atoms with Crippen LogP contribution in [0.1, 0.15) is 13.3 Å². The Morgan fingerprint density at radius 1 is 1.33 bits per heavy atom. The second-order valence-corrected chi connectivity index (χ2v) is 1.74. The van der Waals surface area contributed by atoms with Gasteiger partial charge in [0.15, 0.2) is 0 Å². The van der Waals surface area contributed by atoms with Crippen LogP contribution in [0.15, 0.2) is 12.7 Å². The van der Waals surface area contributed by atoms with Crippen molar-refractivity contribution in [3.63, 3.8) is 0 Å². The van der Waals surface area contributed by atoms with E-state index in [0.717, 1.165) is 13.1 Å². The third-order valence-electron chi connectivity index (χ3n) is 0.780. The van der Waals surface area contributed by atoms with Crippen LogP contribution >= 0.6 is 0 Å². The van der Waals surface area contributed by atoms with Gasteiger partial charge in [-0.25, -0.2) is 10.9 Å². The van der Waals surface area contributed by atoms with Gasteiger partial charge >= 0.3 is 0 Å². The Balaban J connectivity index is 0.000000187. The molecule has 3 N–H and O–H groups in total. The highest BCUT2D eigenvalue weighted by atomic mass is 15.6. The molecule has 0 amide bonds. The molecule has 9 heavy (non-hydrogen) atoms. The van der Waals surface area contributed by atoms with Crippen molar-refractivity contribution in [2.75, 3.05) is 13.1 Å². The number of hydrogen-bond donors (Lipinski definition) is 3. The maximum absolute atomic E-state index is 3.36. The fourth-order valence-corrected chi connectivity index (χ4v) is 0.453. The number of rotatable bonds is 0. The SMILES string of the molecule is C1CNNNC1.C=CC. The fraction of sp³-hybridized carbons (Fsp3) is 0.667. The number of hydrazine groups is 2. The normalized spacial score (nSPS) is 17.4. The van der Waals surface area contributed by atoms with Crippen molar-refractivity contribution >= 4 is 0 Å². The molecular formula is C6H15N3. The van der Waals surface area contributed by atoms with Crippen molar-refractivity contribution in [3.05, 3.63) is 12.7 Å². The Morgan fingerprint density at radius 3 is 1.89 bits per heavy atom. The molecule has 0 aromatic carbocycles. The van der Waals surface area contributed by atoms with Crippen LogP contribution in [-0.4, -0.2) is 13.1 Å². The quantitative estimate of drug-likeness (QED) is 0.408. The lowest BCUT2D eigenvalue weighted by atomic mass is 10.4. The van der Waals surface area contributed by atoms with E-state index in [0.29, 0.717) is 0 Å². The molecule has 1 aliphatic rings. The standard InChI is InChI=1S/C3H9N3.C3H6/c1-2-4-6-5-3-1;1-3-2/h4-6H,1-3H2;3H,1H2,2H3. The summed E-state index contributed by atoms with van der Waals surface area (Å²) >= 11 is 0. The average Bonchev–Trinajstić information content (AvgIpc) is 1.93. The van der Waals surface area contributed by atoms with Crippen LogP contribution in [0.3, 0.4) is 0 Å². The summed E-state index contributed by atoms with van der Waals surface area (Å²) in [6.45, 7) is 7.40. The first-order valence-corrected chi connectivity index (χ1v) is 3.19. The van der Waals surface area contributed by atoms with Crippen LogP contribution in [-0.2, 0) is 0 Å². The van der Waals surface area contributed by atoms with Gasteiger partial charge in [0.25, 0.3) is 0 Å². The molecule has 0 aromatic heterocycles. The van der Waals surface area contributed by atoms with Crippen molar-refractivity contribution in [1.82, 2.24) is 16.4 Å². The fourth-order valence-electron chi connectivity index (χ4n) is 0.453. The molecule has 3 nitrogen and oxygen atoms in total. The zero-order chi connectivity index (χ0) is 6.95. The number of nitrogens with one attached hydrogen (secondary N) is 3. The lowest BCUT2D eigenvalue weighted by Crippen LogP contribution is -2.49. The number of allylic oxidation sites excluding steroid dienone is 1. The zero-order valence-corrected chi connectivity index (χ0v) is 5.91. The van der Waals surface area contributed by atoms with Crippen molar-refractivity contribution in [2.45, 2.75) is 13.3 Å². The highest BCUT2D eigenvalue weighted by Crippen LogP contribution is 1.71. The zero-order valence-electron chi connectivity index (χ0n) is 5.91. The second-order valence-electron chi connectivity index (χ2n) is 1.74. The molecule has 0 saturated carbocycles. The van der Waals surface area contributed by atoms with Gasteiger partial charge in [0.2, 0.25) is 0 Å². The van der Waals surface area contributed by atoms with Gasteiger partial charge in [-0.1, -0.05) is 6.08 Å². The van der Waals surface area contributed by atoms with Crippen molar-refractivity contribution in [3.8, 4) is 0 Å². The van der Waals surface area contributed by atoms with Crippen LogP contribution in [0.25, 0.3) is 0 Å². The first kappa shape index (κ1) is 8.62. The summed E-state index contributed by atoms with van der Waals surface area (Å²) in [6.07, 6.45) is 2.97. The lowest BCUT2D eigenvalue weighted by molar-refractivity contribution is 0.372. The van der Waals surface area contributed by atoms with Crippen LogP contribution in [0.4, 0.5) is 0 Å². The van der Waals surface area contributed by atoms with Gasteiger partial charge in [0, 0.05) is 13.1 Å². The van der Waals surface area contributed by atoms with Gasteiger partial charge in [-0.15, -0.1) is 6.58 Å². The van der Waals surface area contributed by atoms with E-state index in [2.05, 4.69) is 23.0 Å². The summed E-state index contributed by atoms with van der Waals surface area (Å²) in [5.41, 5.74) is 8.63. The van der Waals surface area contributed by atoms with Crippen molar-refractivity contribution < 1.29 is 0 Å². The van der Waals surface area contributed by atoms with Gasteiger partial charge in [-0.3, -0.25) is 0 Å². The summed E-state index contributed by atoms with van der Waals surface area (Å²) < 4.78 is 0. The molecule has 0 aliphatic carbocycles. The molecule has 0 bridgehead atoms. The number of hydrogen-bond acceptors (Lipinski definition) is 3. The summed E-state index contributed by atoms with van der Waals surface area (Å²) in [7, 11) is 0. The van der Waals surface area contributed by atoms with E-state index in [-0.39, 0.29) is 0 Å². The van der Waals surface area contributed by atoms with Crippen LogP contribution in [0, 0.1) is 0 Å². The minimum atomic E-state index is 1.08. The molecule has 1 saturated heterocycles. The Labute approximate surface area is 56.5 Å². The molecule has 0 aromatic rings. The van der Waals surface area contributed by atoms with Gasteiger partial charge in [-0.05, 0) is 13.3 Å². The molecule has 1 fully saturated rings. The van der Waals surface area contributed by atoms with Gasteiger partial charge < -0.3 is 0 Å². The second kappa shape index (κ2) is 7.62. The summed E-state index contributed by atoms with van der Waals surface area (Å²) in [5.74, 6) is 0. The Hall–Kier alpha value is -0.380. The van der Waals surface area contributed by atoms with E-state index in [9.17, 15) is 0 Å². The largest absolute Gasteiger partial charge is 0.244 e. The summed E-state index contributed by atoms with van der Waals surface area (Å²) in [6, 6.07) is 0. The van der Waals surface area contributed by atoms with Crippen LogP contribution in [0.2, 0.25) is 0 Å². The molecule has 54 valence electrons. The van der Waals surface area contributed by atoms with E-state index >= 15 is 0 Å². The molecule has 0 radical (unpaired) electrons. The maximum atomic E-state index is 3.36. The summed E-state index contributed by atoms with van der Waals surface area (Å²) in [5, 5.41) is 0. The predicted molar refractivity (Wildman–Crippen MR) is 39.6 cm³/mol. The molecule has 0 spiro atoms. The van der Waals surface area contributed by atoms with Gasteiger partial charge in [0.1, 0.15) is 0 Å². The topological polar surface area (TPSA) is 36.1 Å². The molecule has 3 heteroatoms. The molecular weight excluding hydrogens is 114 g/mol. The molecule has 1 rings (SSSR count). The average molecular weight is 129 g/mol. The third-order valence-corrected chi connectivity index (χ3v) is 0.780. The van der Waals surface area contributed by atoms with Crippen molar-refractivity contribution in [2.24, 2.45) is 0 Å². The van der Waals surface area contributed by atoms with E-state index in [1.165, 1.54) is 6.42 Å². The van der Waals surface area contributed by atoms with Crippen molar-refractivity contribution in [1.29, 1.82) is 0 Å². The first-order valence-electron chi connectivity index (χ1n) is 3.19. The predicted octanol–water partition coefficient (Wildman–Crippen LogP) is 0.181. The van der Waals surface area contributed by atoms with Gasteiger partial charge in [0.05, 0.1) is 0 Å². The monoisotopic (exact) mass is 129 g/mol. The van der Waals surface area contributed by atoms with Crippen LogP contribution in [0.5, 0.6) is 0 Å². The highest BCUT2D eigenvalue weighted by molar-refractivity contribution is 4.51. The first-order chi connectivity index (χ1) is 4.41. The molecule has 1 heterocycles. The van der Waals surface area contributed by atoms with E-state index < -0.39 is 0 Å². The highest BCUT2D eigenvalue weighted by Gasteiger charge is 1.90. The maximum Gasteiger partial charge on any atom is 0.0126 e. The Kier molecular flexibility index (Phi) is 7.30. The van der Waals surface area contributed by atoms with E-state index in [4.69, 9.17) is 0 Å².